The maximum atomic E-state index is 12.2. The molecule has 0 aromatic carbocycles. The summed E-state index contributed by atoms with van der Waals surface area (Å²) in [6.07, 6.45) is 5.13. The summed E-state index contributed by atoms with van der Waals surface area (Å²) >= 11 is 0. The summed E-state index contributed by atoms with van der Waals surface area (Å²) in [6.45, 7) is 6.73. The first-order chi connectivity index (χ1) is 8.84. The van der Waals surface area contributed by atoms with Crippen LogP contribution < -0.4 is 0 Å². The van der Waals surface area contributed by atoms with Gasteiger partial charge in [-0.05, 0) is 31.1 Å². The molecule has 3 atom stereocenters. The number of carboxylic acid groups (broad SMARTS) is 1. The first-order valence-corrected chi connectivity index (χ1v) is 7.36. The Bertz CT molecular complexity index is 374. The molecule has 0 aromatic heterocycles. The fraction of sp³-hybridized carbons (Fsp3) is 0.867. The molecule has 0 bridgehead atoms. The van der Waals surface area contributed by atoms with Crippen LogP contribution in [-0.4, -0.2) is 34.5 Å². The predicted octanol–water partition coefficient (Wildman–Crippen LogP) is 2.52. The molecule has 19 heavy (non-hydrogen) atoms. The van der Waals surface area contributed by atoms with Crippen molar-refractivity contribution in [3.05, 3.63) is 0 Å². The van der Waals surface area contributed by atoms with Gasteiger partial charge in [-0.25, -0.2) is 0 Å². The van der Waals surface area contributed by atoms with Gasteiger partial charge < -0.3 is 10.0 Å². The van der Waals surface area contributed by atoms with Crippen molar-refractivity contribution in [2.45, 2.75) is 58.9 Å². The lowest BCUT2D eigenvalue weighted by atomic mass is 9.79. The number of hydrogen-bond donors (Lipinski definition) is 1. The fourth-order valence-corrected chi connectivity index (χ4v) is 3.90. The Labute approximate surface area is 115 Å². The highest BCUT2D eigenvalue weighted by atomic mass is 16.4. The Morgan fingerprint density at radius 1 is 1.37 bits per heavy atom. The molecule has 1 amide bonds. The van der Waals surface area contributed by atoms with E-state index in [1.54, 1.807) is 0 Å². The average molecular weight is 267 g/mol. The Balaban J connectivity index is 2.14. The van der Waals surface area contributed by atoms with E-state index in [1.807, 2.05) is 18.7 Å². The standard InChI is InChI=1S/C15H25NO3/c1-10-8-12(17)16(11(2)13(10)14(18)19)9-15(3)6-4-5-7-15/h10-11,13H,4-9H2,1-3H3,(H,18,19). The first-order valence-electron chi connectivity index (χ1n) is 7.36. The van der Waals surface area contributed by atoms with Crippen LogP contribution in [0.5, 0.6) is 0 Å². The summed E-state index contributed by atoms with van der Waals surface area (Å²) in [4.78, 5) is 25.5. The number of carbonyl (C=O) groups excluding carboxylic acids is 1. The van der Waals surface area contributed by atoms with E-state index in [-0.39, 0.29) is 23.3 Å². The van der Waals surface area contributed by atoms with Crippen LogP contribution in [0.2, 0.25) is 0 Å². The molecule has 0 spiro atoms. The Morgan fingerprint density at radius 3 is 2.47 bits per heavy atom. The second-order valence-electron chi connectivity index (χ2n) is 6.83. The zero-order valence-corrected chi connectivity index (χ0v) is 12.2. The number of hydrogen-bond acceptors (Lipinski definition) is 2. The van der Waals surface area contributed by atoms with E-state index in [1.165, 1.54) is 12.8 Å². The van der Waals surface area contributed by atoms with Crippen molar-refractivity contribution in [3.8, 4) is 0 Å². The summed E-state index contributed by atoms with van der Waals surface area (Å²) in [5.74, 6) is -1.13. The zero-order valence-electron chi connectivity index (χ0n) is 12.2. The molecule has 1 N–H and O–H groups in total. The lowest BCUT2D eigenvalue weighted by Crippen LogP contribution is -2.55. The van der Waals surface area contributed by atoms with Gasteiger partial charge in [0.2, 0.25) is 5.91 Å². The van der Waals surface area contributed by atoms with Gasteiger partial charge in [-0.1, -0.05) is 26.7 Å². The monoisotopic (exact) mass is 267 g/mol. The number of carbonyl (C=O) groups is 2. The van der Waals surface area contributed by atoms with Crippen molar-refractivity contribution < 1.29 is 14.7 Å². The van der Waals surface area contributed by atoms with E-state index in [4.69, 9.17) is 0 Å². The molecule has 2 aliphatic rings. The first kappa shape index (κ1) is 14.4. The van der Waals surface area contributed by atoms with Crippen molar-refractivity contribution in [1.82, 2.24) is 4.90 Å². The van der Waals surface area contributed by atoms with E-state index in [9.17, 15) is 14.7 Å². The third kappa shape index (κ3) is 2.77. The molecule has 0 radical (unpaired) electrons. The normalized spacial score (nSPS) is 34.6. The van der Waals surface area contributed by atoms with Gasteiger partial charge in [-0.15, -0.1) is 0 Å². The van der Waals surface area contributed by atoms with E-state index >= 15 is 0 Å². The highest BCUT2D eigenvalue weighted by Crippen LogP contribution is 2.40. The molecule has 0 aromatic rings. The predicted molar refractivity (Wildman–Crippen MR) is 72.7 cm³/mol. The van der Waals surface area contributed by atoms with Crippen molar-refractivity contribution in [3.63, 3.8) is 0 Å². The molecule has 4 nitrogen and oxygen atoms in total. The van der Waals surface area contributed by atoms with Crippen LogP contribution in [-0.2, 0) is 9.59 Å². The van der Waals surface area contributed by atoms with Crippen LogP contribution in [0.1, 0.15) is 52.9 Å². The second-order valence-corrected chi connectivity index (χ2v) is 6.83. The molecule has 1 saturated heterocycles. The van der Waals surface area contributed by atoms with Crippen LogP contribution in [0, 0.1) is 17.3 Å². The van der Waals surface area contributed by atoms with Gasteiger partial charge in [-0.3, -0.25) is 9.59 Å². The molecular weight excluding hydrogens is 242 g/mol. The average Bonchev–Trinajstić information content (AvgIpc) is 2.71. The third-order valence-corrected chi connectivity index (χ3v) is 5.09. The van der Waals surface area contributed by atoms with Gasteiger partial charge in [0.25, 0.3) is 0 Å². The molecular formula is C15H25NO3. The molecule has 2 rings (SSSR count). The molecule has 1 aliphatic heterocycles. The third-order valence-electron chi connectivity index (χ3n) is 5.09. The number of likely N-dealkylation sites (tertiary alicyclic amines) is 1. The molecule has 2 fully saturated rings. The lowest BCUT2D eigenvalue weighted by molar-refractivity contribution is -0.156. The van der Waals surface area contributed by atoms with Gasteiger partial charge in [-0.2, -0.15) is 0 Å². The van der Waals surface area contributed by atoms with E-state index in [0.29, 0.717) is 6.42 Å². The number of aliphatic carboxylic acids is 1. The second kappa shape index (κ2) is 5.14. The zero-order chi connectivity index (χ0) is 14.2. The van der Waals surface area contributed by atoms with Gasteiger partial charge in [0.05, 0.1) is 5.92 Å². The van der Waals surface area contributed by atoms with Crippen LogP contribution in [0.15, 0.2) is 0 Å². The van der Waals surface area contributed by atoms with Gasteiger partial charge in [0.15, 0.2) is 0 Å². The Kier molecular flexibility index (Phi) is 3.88. The summed E-state index contributed by atoms with van der Waals surface area (Å²) in [5, 5.41) is 9.37. The largest absolute Gasteiger partial charge is 0.481 e. The van der Waals surface area contributed by atoms with Crippen LogP contribution in [0.3, 0.4) is 0 Å². The molecule has 1 aliphatic carbocycles. The van der Waals surface area contributed by atoms with Crippen molar-refractivity contribution >= 4 is 11.9 Å². The minimum absolute atomic E-state index is 0.0624. The van der Waals surface area contributed by atoms with Gasteiger partial charge in [0, 0.05) is 19.0 Å². The van der Waals surface area contributed by atoms with Crippen molar-refractivity contribution in [1.29, 1.82) is 0 Å². The maximum Gasteiger partial charge on any atom is 0.308 e. The molecule has 3 unspecified atom stereocenters. The van der Waals surface area contributed by atoms with Crippen LogP contribution >= 0.6 is 0 Å². The molecule has 1 saturated carbocycles. The molecule has 4 heteroatoms. The fourth-order valence-electron chi connectivity index (χ4n) is 3.90. The van der Waals surface area contributed by atoms with Crippen molar-refractivity contribution in [2.75, 3.05) is 6.54 Å². The number of nitrogens with zero attached hydrogens (tertiary/aromatic N) is 1. The highest BCUT2D eigenvalue weighted by molar-refractivity contribution is 5.81. The summed E-state index contributed by atoms with van der Waals surface area (Å²) in [7, 11) is 0. The molecule has 108 valence electrons. The van der Waals surface area contributed by atoms with Crippen molar-refractivity contribution in [2.24, 2.45) is 17.3 Å². The minimum atomic E-state index is -0.769. The summed E-state index contributed by atoms with van der Waals surface area (Å²) in [5.41, 5.74) is 0.188. The van der Waals surface area contributed by atoms with Crippen LogP contribution in [0.25, 0.3) is 0 Å². The number of carboxylic acids is 1. The van der Waals surface area contributed by atoms with Gasteiger partial charge in [0.1, 0.15) is 0 Å². The van der Waals surface area contributed by atoms with Gasteiger partial charge >= 0.3 is 5.97 Å². The van der Waals surface area contributed by atoms with E-state index < -0.39 is 11.9 Å². The quantitative estimate of drug-likeness (QED) is 0.854. The lowest BCUT2D eigenvalue weighted by Gasteiger charge is -2.44. The highest BCUT2D eigenvalue weighted by Gasteiger charge is 2.44. The molecule has 1 heterocycles. The smallest absolute Gasteiger partial charge is 0.308 e. The maximum absolute atomic E-state index is 12.2. The Morgan fingerprint density at radius 2 is 1.95 bits per heavy atom. The number of rotatable bonds is 3. The number of amides is 1. The topological polar surface area (TPSA) is 57.6 Å². The van der Waals surface area contributed by atoms with E-state index in [0.717, 1.165) is 19.4 Å². The summed E-state index contributed by atoms with van der Waals surface area (Å²) < 4.78 is 0. The Hall–Kier alpha value is -1.06. The number of piperidine rings is 1. The summed E-state index contributed by atoms with van der Waals surface area (Å²) in [6, 6.07) is -0.189. The SMILES string of the molecule is CC1CC(=O)N(CC2(C)CCCC2)C(C)C1C(=O)O. The minimum Gasteiger partial charge on any atom is -0.481 e. The van der Waals surface area contributed by atoms with Crippen LogP contribution in [0.4, 0.5) is 0 Å². The van der Waals surface area contributed by atoms with E-state index in [2.05, 4.69) is 6.92 Å².